The first-order valence-corrected chi connectivity index (χ1v) is 8.11. The maximum atomic E-state index is 12.3. The van der Waals surface area contributed by atoms with Crippen LogP contribution in [0.15, 0.2) is 53.0 Å². The molecular formula is C18H18BrNO2. The van der Waals surface area contributed by atoms with E-state index in [4.69, 9.17) is 4.74 Å². The van der Waals surface area contributed by atoms with Crippen molar-refractivity contribution in [1.29, 1.82) is 0 Å². The van der Waals surface area contributed by atoms with E-state index in [2.05, 4.69) is 45.5 Å². The summed E-state index contributed by atoms with van der Waals surface area (Å²) < 4.78 is 5.97. The number of hydrogen-bond acceptors (Lipinski definition) is 2. The Labute approximate surface area is 138 Å². The normalized spacial score (nSPS) is 15.2. The van der Waals surface area contributed by atoms with Crippen LogP contribution in [-0.2, 0) is 5.41 Å². The second kappa shape index (κ2) is 6.13. The van der Waals surface area contributed by atoms with E-state index in [9.17, 15) is 4.79 Å². The minimum atomic E-state index is -0.0504. The summed E-state index contributed by atoms with van der Waals surface area (Å²) in [6.45, 7) is 0.680. The molecule has 0 unspecified atom stereocenters. The standard InChI is InChI=1S/C18H18BrNO2/c1-22-16-8-7-13(11-15(16)19)17(21)20-12-18(9-10-18)14-5-3-2-4-6-14/h2-8,11H,9-10,12H2,1H3,(H,20,21). The second-order valence-electron chi connectivity index (χ2n) is 5.68. The summed E-state index contributed by atoms with van der Waals surface area (Å²) >= 11 is 3.41. The minimum absolute atomic E-state index is 0.0504. The average molecular weight is 360 g/mol. The van der Waals surface area contributed by atoms with Crippen LogP contribution < -0.4 is 10.1 Å². The van der Waals surface area contributed by atoms with Crippen molar-refractivity contribution in [2.24, 2.45) is 0 Å². The van der Waals surface area contributed by atoms with E-state index in [-0.39, 0.29) is 11.3 Å². The van der Waals surface area contributed by atoms with Crippen molar-refractivity contribution >= 4 is 21.8 Å². The number of carbonyl (C=O) groups excluding carboxylic acids is 1. The fourth-order valence-corrected chi connectivity index (χ4v) is 3.21. The van der Waals surface area contributed by atoms with Gasteiger partial charge in [0.05, 0.1) is 11.6 Å². The molecule has 3 rings (SSSR count). The average Bonchev–Trinajstić information content (AvgIpc) is 3.34. The first kappa shape index (κ1) is 15.1. The molecule has 1 saturated carbocycles. The molecule has 0 aliphatic heterocycles. The molecule has 0 heterocycles. The van der Waals surface area contributed by atoms with Crippen molar-refractivity contribution in [1.82, 2.24) is 5.32 Å². The Hall–Kier alpha value is -1.81. The van der Waals surface area contributed by atoms with Crippen LogP contribution in [-0.4, -0.2) is 19.6 Å². The maximum Gasteiger partial charge on any atom is 0.251 e. The van der Waals surface area contributed by atoms with Crippen molar-refractivity contribution in [3.05, 3.63) is 64.1 Å². The molecule has 3 nitrogen and oxygen atoms in total. The van der Waals surface area contributed by atoms with E-state index in [1.807, 2.05) is 6.07 Å². The van der Waals surface area contributed by atoms with Gasteiger partial charge in [-0.05, 0) is 52.5 Å². The van der Waals surface area contributed by atoms with Gasteiger partial charge in [-0.1, -0.05) is 30.3 Å². The second-order valence-corrected chi connectivity index (χ2v) is 6.53. The van der Waals surface area contributed by atoms with Gasteiger partial charge in [-0.15, -0.1) is 0 Å². The molecule has 0 saturated heterocycles. The third kappa shape index (κ3) is 3.02. The number of halogens is 1. The molecule has 2 aromatic rings. The zero-order chi connectivity index (χ0) is 15.6. The number of benzene rings is 2. The lowest BCUT2D eigenvalue weighted by molar-refractivity contribution is 0.0949. The quantitative estimate of drug-likeness (QED) is 0.878. The van der Waals surface area contributed by atoms with Crippen LogP contribution in [0.25, 0.3) is 0 Å². The van der Waals surface area contributed by atoms with Crippen molar-refractivity contribution in [2.75, 3.05) is 13.7 Å². The van der Waals surface area contributed by atoms with E-state index >= 15 is 0 Å². The van der Waals surface area contributed by atoms with Gasteiger partial charge >= 0.3 is 0 Å². The molecule has 114 valence electrons. The highest BCUT2D eigenvalue weighted by molar-refractivity contribution is 9.10. The third-order valence-corrected chi connectivity index (χ3v) is 4.86. The largest absolute Gasteiger partial charge is 0.496 e. The van der Waals surface area contributed by atoms with Gasteiger partial charge in [-0.3, -0.25) is 4.79 Å². The summed E-state index contributed by atoms with van der Waals surface area (Å²) in [6, 6.07) is 15.8. The summed E-state index contributed by atoms with van der Waals surface area (Å²) in [7, 11) is 1.61. The highest BCUT2D eigenvalue weighted by Crippen LogP contribution is 2.47. The van der Waals surface area contributed by atoms with E-state index in [0.717, 1.165) is 23.1 Å². The van der Waals surface area contributed by atoms with Crippen molar-refractivity contribution in [3.63, 3.8) is 0 Å². The number of rotatable bonds is 5. The van der Waals surface area contributed by atoms with Crippen LogP contribution in [0.2, 0.25) is 0 Å². The summed E-state index contributed by atoms with van der Waals surface area (Å²) in [5.74, 6) is 0.671. The molecule has 4 heteroatoms. The lowest BCUT2D eigenvalue weighted by atomic mass is 9.96. The molecule has 1 aliphatic carbocycles. The maximum absolute atomic E-state index is 12.3. The molecule has 1 fully saturated rings. The molecule has 0 bridgehead atoms. The Morgan fingerprint density at radius 1 is 1.23 bits per heavy atom. The molecule has 0 atom stereocenters. The van der Waals surface area contributed by atoms with Gasteiger partial charge < -0.3 is 10.1 Å². The lowest BCUT2D eigenvalue weighted by Gasteiger charge is -2.16. The van der Waals surface area contributed by atoms with Gasteiger partial charge in [-0.2, -0.15) is 0 Å². The van der Waals surface area contributed by atoms with Crippen LogP contribution in [0.5, 0.6) is 5.75 Å². The molecular weight excluding hydrogens is 342 g/mol. The van der Waals surface area contributed by atoms with E-state index in [0.29, 0.717) is 12.1 Å². The SMILES string of the molecule is COc1ccc(C(=O)NCC2(c3ccccc3)CC2)cc1Br. The summed E-state index contributed by atoms with van der Waals surface area (Å²) in [4.78, 5) is 12.3. The van der Waals surface area contributed by atoms with Crippen molar-refractivity contribution in [3.8, 4) is 5.75 Å². The van der Waals surface area contributed by atoms with Gasteiger partial charge in [0.2, 0.25) is 0 Å². The fourth-order valence-electron chi connectivity index (χ4n) is 2.67. The number of amides is 1. The Morgan fingerprint density at radius 2 is 1.95 bits per heavy atom. The Morgan fingerprint density at radius 3 is 2.55 bits per heavy atom. The van der Waals surface area contributed by atoms with E-state index in [1.54, 1.807) is 25.3 Å². The number of carbonyl (C=O) groups is 1. The zero-order valence-electron chi connectivity index (χ0n) is 12.4. The van der Waals surface area contributed by atoms with Crippen LogP contribution in [0.4, 0.5) is 0 Å². The summed E-state index contributed by atoms with van der Waals surface area (Å²) in [5, 5.41) is 3.06. The number of nitrogens with one attached hydrogen (secondary N) is 1. The molecule has 1 N–H and O–H groups in total. The Balaban J connectivity index is 1.67. The van der Waals surface area contributed by atoms with Crippen LogP contribution >= 0.6 is 15.9 Å². The lowest BCUT2D eigenvalue weighted by Crippen LogP contribution is -2.32. The van der Waals surface area contributed by atoms with Gasteiger partial charge in [0.1, 0.15) is 5.75 Å². The highest BCUT2D eigenvalue weighted by Gasteiger charge is 2.44. The van der Waals surface area contributed by atoms with E-state index in [1.165, 1.54) is 5.56 Å². The van der Waals surface area contributed by atoms with Gasteiger partial charge in [0.25, 0.3) is 5.91 Å². The molecule has 0 spiro atoms. The number of methoxy groups -OCH3 is 1. The van der Waals surface area contributed by atoms with Crippen molar-refractivity contribution in [2.45, 2.75) is 18.3 Å². The van der Waals surface area contributed by atoms with Gasteiger partial charge in [-0.25, -0.2) is 0 Å². The van der Waals surface area contributed by atoms with E-state index < -0.39 is 0 Å². The Bertz CT molecular complexity index is 681. The van der Waals surface area contributed by atoms with Crippen LogP contribution in [0.3, 0.4) is 0 Å². The third-order valence-electron chi connectivity index (χ3n) is 4.24. The number of hydrogen-bond donors (Lipinski definition) is 1. The fraction of sp³-hybridized carbons (Fsp3) is 0.278. The first-order valence-electron chi connectivity index (χ1n) is 7.32. The number of ether oxygens (including phenoxy) is 1. The molecule has 0 radical (unpaired) electrons. The molecule has 22 heavy (non-hydrogen) atoms. The smallest absolute Gasteiger partial charge is 0.251 e. The predicted molar refractivity (Wildman–Crippen MR) is 90.4 cm³/mol. The summed E-state index contributed by atoms with van der Waals surface area (Å²) in [5.41, 5.74) is 2.07. The van der Waals surface area contributed by atoms with Gasteiger partial charge in [0.15, 0.2) is 0 Å². The highest BCUT2D eigenvalue weighted by atomic mass is 79.9. The first-order chi connectivity index (χ1) is 10.6. The van der Waals surface area contributed by atoms with Crippen LogP contribution in [0.1, 0.15) is 28.8 Å². The van der Waals surface area contributed by atoms with Crippen molar-refractivity contribution < 1.29 is 9.53 Å². The molecule has 2 aromatic carbocycles. The summed E-state index contributed by atoms with van der Waals surface area (Å²) in [6.07, 6.45) is 2.26. The molecule has 0 aromatic heterocycles. The zero-order valence-corrected chi connectivity index (χ0v) is 14.0. The monoisotopic (exact) mass is 359 g/mol. The minimum Gasteiger partial charge on any atom is -0.496 e. The van der Waals surface area contributed by atoms with Gasteiger partial charge in [0, 0.05) is 17.5 Å². The molecule has 1 aliphatic rings. The van der Waals surface area contributed by atoms with Crippen LogP contribution in [0, 0.1) is 0 Å². The molecule has 1 amide bonds. The predicted octanol–water partition coefficient (Wildman–Crippen LogP) is 3.92. The topological polar surface area (TPSA) is 38.3 Å². The Kier molecular flexibility index (Phi) is 4.21.